The quantitative estimate of drug-likeness (QED) is 0.898. The van der Waals surface area contributed by atoms with Gasteiger partial charge < -0.3 is 10.1 Å². The van der Waals surface area contributed by atoms with Crippen LogP contribution in [0.15, 0.2) is 23.0 Å². The summed E-state index contributed by atoms with van der Waals surface area (Å²) in [5.74, 6) is -1.25. The number of carboxylic acids is 1. The van der Waals surface area contributed by atoms with E-state index in [1.165, 1.54) is 18.2 Å². The molecule has 5 nitrogen and oxygen atoms in total. The summed E-state index contributed by atoms with van der Waals surface area (Å²) in [7, 11) is 0. The third-order valence-corrected chi connectivity index (χ3v) is 2.66. The van der Waals surface area contributed by atoms with E-state index in [0.717, 1.165) is 4.57 Å². The van der Waals surface area contributed by atoms with Crippen LogP contribution in [0.4, 0.5) is 13.2 Å². The summed E-state index contributed by atoms with van der Waals surface area (Å²) >= 11 is 0. The van der Waals surface area contributed by atoms with Crippen molar-refractivity contribution in [2.45, 2.75) is 19.1 Å². The summed E-state index contributed by atoms with van der Waals surface area (Å²) in [5.41, 5.74) is -0.732. The average Bonchev–Trinajstić information content (AvgIpc) is 2.60. The molecule has 0 aliphatic rings. The molecule has 0 bridgehead atoms. The number of fused-ring (bicyclic) bond motifs is 1. The first-order chi connectivity index (χ1) is 8.79. The lowest BCUT2D eigenvalue weighted by Crippen LogP contribution is -2.20. The SMILES string of the molecule is O=C(O)c1cccc2c1[nH]c(=O)n2CCC(F)(F)F. The average molecular weight is 274 g/mol. The Morgan fingerprint density at radius 2 is 2.05 bits per heavy atom. The van der Waals surface area contributed by atoms with Crippen molar-refractivity contribution in [3.63, 3.8) is 0 Å². The Morgan fingerprint density at radius 3 is 2.63 bits per heavy atom. The highest BCUT2D eigenvalue weighted by atomic mass is 19.4. The second kappa shape index (κ2) is 4.45. The molecule has 0 saturated carbocycles. The molecular formula is C11H9F3N2O3. The Hall–Kier alpha value is -2.25. The van der Waals surface area contributed by atoms with Gasteiger partial charge in [0.25, 0.3) is 0 Å². The standard InChI is InChI=1S/C11H9F3N2O3/c12-11(13,14)4-5-16-7-3-1-2-6(9(17)18)8(7)15-10(16)19/h1-3H,4-5H2,(H,15,19)(H,17,18). The first kappa shape index (κ1) is 13.2. The molecule has 1 heterocycles. The van der Waals surface area contributed by atoms with Gasteiger partial charge in [-0.1, -0.05) is 6.07 Å². The van der Waals surface area contributed by atoms with Crippen molar-refractivity contribution >= 4 is 17.0 Å². The number of aromatic nitrogens is 2. The number of hydrogen-bond acceptors (Lipinski definition) is 2. The van der Waals surface area contributed by atoms with Crippen LogP contribution < -0.4 is 5.69 Å². The Kier molecular flexibility index (Phi) is 3.09. The highest BCUT2D eigenvalue weighted by molar-refractivity contribution is 6.00. The van der Waals surface area contributed by atoms with Crippen LogP contribution in [0.2, 0.25) is 0 Å². The van der Waals surface area contributed by atoms with Crippen molar-refractivity contribution in [3.8, 4) is 0 Å². The van der Waals surface area contributed by atoms with Crippen LogP contribution in [-0.2, 0) is 6.54 Å². The van der Waals surface area contributed by atoms with Crippen LogP contribution >= 0.6 is 0 Å². The van der Waals surface area contributed by atoms with Crippen molar-refractivity contribution in [2.75, 3.05) is 0 Å². The fourth-order valence-electron chi connectivity index (χ4n) is 1.82. The lowest BCUT2D eigenvalue weighted by Gasteiger charge is -2.07. The molecule has 2 rings (SSSR count). The predicted molar refractivity (Wildman–Crippen MR) is 60.2 cm³/mol. The number of nitrogens with one attached hydrogen (secondary N) is 1. The zero-order chi connectivity index (χ0) is 14.2. The van der Waals surface area contributed by atoms with Crippen LogP contribution in [0.3, 0.4) is 0 Å². The smallest absolute Gasteiger partial charge is 0.390 e. The fourth-order valence-corrected chi connectivity index (χ4v) is 1.82. The number of para-hydroxylation sites is 1. The van der Waals surface area contributed by atoms with E-state index in [9.17, 15) is 22.8 Å². The number of aromatic amines is 1. The molecule has 102 valence electrons. The number of aromatic carboxylic acids is 1. The van der Waals surface area contributed by atoms with Crippen LogP contribution in [0.1, 0.15) is 16.8 Å². The van der Waals surface area contributed by atoms with Gasteiger partial charge in [-0.15, -0.1) is 0 Å². The third-order valence-electron chi connectivity index (χ3n) is 2.66. The number of imidazole rings is 1. The predicted octanol–water partition coefficient (Wildman–Crippen LogP) is 1.98. The summed E-state index contributed by atoms with van der Waals surface area (Å²) in [6.07, 6.45) is -5.54. The maximum atomic E-state index is 12.2. The van der Waals surface area contributed by atoms with E-state index in [0.29, 0.717) is 0 Å². The van der Waals surface area contributed by atoms with Crippen molar-refractivity contribution in [1.82, 2.24) is 9.55 Å². The Morgan fingerprint density at radius 1 is 1.37 bits per heavy atom. The van der Waals surface area contributed by atoms with Gasteiger partial charge in [0, 0.05) is 6.54 Å². The van der Waals surface area contributed by atoms with Gasteiger partial charge in [-0.3, -0.25) is 4.57 Å². The minimum atomic E-state index is -4.38. The Labute approximate surface area is 104 Å². The molecule has 0 radical (unpaired) electrons. The van der Waals surface area contributed by atoms with Crippen LogP contribution in [-0.4, -0.2) is 26.8 Å². The number of H-pyrrole nitrogens is 1. The van der Waals surface area contributed by atoms with E-state index in [2.05, 4.69) is 4.98 Å². The van der Waals surface area contributed by atoms with Crippen LogP contribution in [0.5, 0.6) is 0 Å². The van der Waals surface area contributed by atoms with Crippen molar-refractivity contribution in [1.29, 1.82) is 0 Å². The van der Waals surface area contributed by atoms with Crippen molar-refractivity contribution < 1.29 is 23.1 Å². The second-order valence-corrected chi connectivity index (χ2v) is 3.95. The highest BCUT2D eigenvalue weighted by Gasteiger charge is 2.27. The van der Waals surface area contributed by atoms with E-state index >= 15 is 0 Å². The van der Waals surface area contributed by atoms with Gasteiger partial charge in [0.15, 0.2) is 0 Å². The number of carboxylic acid groups (broad SMARTS) is 1. The molecule has 8 heteroatoms. The number of alkyl halides is 3. The Bertz CT molecular complexity index is 685. The normalized spacial score (nSPS) is 11.9. The highest BCUT2D eigenvalue weighted by Crippen LogP contribution is 2.22. The second-order valence-electron chi connectivity index (χ2n) is 3.95. The van der Waals surface area contributed by atoms with Crippen molar-refractivity contribution in [3.05, 3.63) is 34.2 Å². The number of benzene rings is 1. The van der Waals surface area contributed by atoms with Gasteiger partial charge in [-0.25, -0.2) is 9.59 Å². The molecule has 0 fully saturated rings. The lowest BCUT2D eigenvalue weighted by molar-refractivity contribution is -0.136. The number of carbonyl (C=O) groups is 1. The molecule has 2 aromatic rings. The number of halogens is 3. The first-order valence-electron chi connectivity index (χ1n) is 5.31. The van der Waals surface area contributed by atoms with Crippen molar-refractivity contribution in [2.24, 2.45) is 0 Å². The minimum absolute atomic E-state index is 0.0298. The molecule has 2 N–H and O–H groups in total. The summed E-state index contributed by atoms with van der Waals surface area (Å²) in [6, 6.07) is 4.05. The zero-order valence-corrected chi connectivity index (χ0v) is 9.49. The molecule has 1 aromatic heterocycles. The third kappa shape index (κ3) is 2.61. The molecule has 0 saturated heterocycles. The first-order valence-corrected chi connectivity index (χ1v) is 5.31. The molecule has 19 heavy (non-hydrogen) atoms. The fraction of sp³-hybridized carbons (Fsp3) is 0.273. The summed E-state index contributed by atoms with van der Waals surface area (Å²) in [5, 5.41) is 8.93. The maximum absolute atomic E-state index is 12.2. The topological polar surface area (TPSA) is 75.1 Å². The van der Waals surface area contributed by atoms with Gasteiger partial charge >= 0.3 is 17.8 Å². The molecule has 0 aliphatic heterocycles. The monoisotopic (exact) mass is 274 g/mol. The van der Waals surface area contributed by atoms with E-state index in [1.54, 1.807) is 0 Å². The molecule has 0 spiro atoms. The molecular weight excluding hydrogens is 265 g/mol. The van der Waals surface area contributed by atoms with Gasteiger partial charge in [-0.05, 0) is 12.1 Å². The van der Waals surface area contributed by atoms with E-state index in [-0.39, 0.29) is 16.6 Å². The van der Waals surface area contributed by atoms with Gasteiger partial charge in [0.05, 0.1) is 23.0 Å². The van der Waals surface area contributed by atoms with Crippen LogP contribution in [0.25, 0.3) is 11.0 Å². The minimum Gasteiger partial charge on any atom is -0.478 e. The molecule has 0 unspecified atom stereocenters. The van der Waals surface area contributed by atoms with E-state index in [4.69, 9.17) is 5.11 Å². The van der Waals surface area contributed by atoms with E-state index < -0.39 is 30.8 Å². The van der Waals surface area contributed by atoms with Gasteiger partial charge in [0.2, 0.25) is 0 Å². The molecule has 0 aliphatic carbocycles. The maximum Gasteiger partial charge on any atom is 0.390 e. The number of aryl methyl sites for hydroxylation is 1. The van der Waals surface area contributed by atoms with Crippen LogP contribution in [0, 0.1) is 0 Å². The van der Waals surface area contributed by atoms with Gasteiger partial charge in [-0.2, -0.15) is 13.2 Å². The molecule has 1 aromatic carbocycles. The Balaban J connectivity index is 2.51. The van der Waals surface area contributed by atoms with E-state index in [1.807, 2.05) is 0 Å². The van der Waals surface area contributed by atoms with Gasteiger partial charge in [0.1, 0.15) is 0 Å². The summed E-state index contributed by atoms with van der Waals surface area (Å²) in [4.78, 5) is 24.8. The summed E-state index contributed by atoms with van der Waals surface area (Å²) in [6.45, 7) is -0.550. The lowest BCUT2D eigenvalue weighted by atomic mass is 10.2. The number of rotatable bonds is 3. The molecule has 0 atom stereocenters. The molecule has 0 amide bonds. The number of hydrogen-bond donors (Lipinski definition) is 2. The largest absolute Gasteiger partial charge is 0.478 e. The summed E-state index contributed by atoms with van der Waals surface area (Å²) < 4.78 is 37.4. The zero-order valence-electron chi connectivity index (χ0n) is 9.49. The number of nitrogens with zero attached hydrogens (tertiary/aromatic N) is 1.